The minimum Gasteiger partial charge on any atom is -0.445 e. The molecular formula is C22H24N2O2. The standard InChI is InChI=1S/C20H18N2O2.C2H6/c21-14-7-4-13(5-8-14)6-9-15-16-11-19(23)24-20(16)17(15)12-22-10-2-1-3-18(20)22;1-2/h4-5,7-8,11,18H,1-3,10,12,21H2;1-2H3/t18?,20-;/m1./s1. The summed E-state index contributed by atoms with van der Waals surface area (Å²) in [7, 11) is 0. The van der Waals surface area contributed by atoms with Crippen molar-refractivity contribution >= 4 is 11.7 Å². The molecule has 2 saturated heterocycles. The number of hydrogen-bond donors (Lipinski definition) is 1. The zero-order chi connectivity index (χ0) is 18.3. The highest BCUT2D eigenvalue weighted by Crippen LogP contribution is 2.58. The van der Waals surface area contributed by atoms with Crippen LogP contribution in [0.25, 0.3) is 0 Å². The SMILES string of the molecule is CC.Nc1ccc(C#CC2=C3CN4CCCCC4[C@]34OC(=O)C=C24)cc1. The lowest BCUT2D eigenvalue weighted by Crippen LogP contribution is -2.52. The summed E-state index contributed by atoms with van der Waals surface area (Å²) in [4.78, 5) is 14.4. The number of esters is 1. The van der Waals surface area contributed by atoms with E-state index < -0.39 is 5.60 Å². The second-order valence-corrected chi connectivity index (χ2v) is 6.92. The van der Waals surface area contributed by atoms with Crippen molar-refractivity contribution in [2.75, 3.05) is 18.8 Å². The van der Waals surface area contributed by atoms with E-state index in [-0.39, 0.29) is 5.97 Å². The topological polar surface area (TPSA) is 55.6 Å². The van der Waals surface area contributed by atoms with E-state index >= 15 is 0 Å². The number of hydrogen-bond acceptors (Lipinski definition) is 4. The summed E-state index contributed by atoms with van der Waals surface area (Å²) in [6.07, 6.45) is 5.16. The van der Waals surface area contributed by atoms with Crippen LogP contribution in [0.4, 0.5) is 5.69 Å². The minimum absolute atomic E-state index is 0.223. The summed E-state index contributed by atoms with van der Waals surface area (Å²) in [5.41, 5.74) is 10.1. The second kappa shape index (κ2) is 6.34. The van der Waals surface area contributed by atoms with Gasteiger partial charge in [0.2, 0.25) is 0 Å². The molecule has 3 aliphatic heterocycles. The van der Waals surface area contributed by atoms with Crippen molar-refractivity contribution in [2.24, 2.45) is 0 Å². The molecule has 4 aliphatic rings. The molecule has 0 aromatic heterocycles. The molecule has 134 valence electrons. The van der Waals surface area contributed by atoms with Crippen LogP contribution in [0.3, 0.4) is 0 Å². The van der Waals surface area contributed by atoms with E-state index in [0.717, 1.165) is 41.9 Å². The fourth-order valence-corrected chi connectivity index (χ4v) is 4.57. The molecular weight excluding hydrogens is 324 g/mol. The Bertz CT molecular complexity index is 870. The summed E-state index contributed by atoms with van der Waals surface area (Å²) in [5.74, 6) is 6.26. The van der Waals surface area contributed by atoms with E-state index in [0.29, 0.717) is 6.04 Å². The molecule has 1 aromatic rings. The van der Waals surface area contributed by atoms with Crippen LogP contribution in [0.5, 0.6) is 0 Å². The molecule has 4 heteroatoms. The molecule has 0 radical (unpaired) electrons. The lowest BCUT2D eigenvalue weighted by atomic mass is 9.67. The smallest absolute Gasteiger partial charge is 0.332 e. The molecule has 1 spiro atoms. The van der Waals surface area contributed by atoms with E-state index in [1.807, 2.05) is 38.1 Å². The Morgan fingerprint density at radius 1 is 1.19 bits per heavy atom. The van der Waals surface area contributed by atoms with E-state index in [1.165, 1.54) is 18.4 Å². The molecule has 2 atom stereocenters. The van der Waals surface area contributed by atoms with Gasteiger partial charge in [0, 0.05) is 40.6 Å². The van der Waals surface area contributed by atoms with E-state index in [4.69, 9.17) is 10.5 Å². The zero-order valence-electron chi connectivity index (χ0n) is 15.3. The van der Waals surface area contributed by atoms with Gasteiger partial charge < -0.3 is 10.5 Å². The number of ether oxygens (including phenoxy) is 1. The molecule has 26 heavy (non-hydrogen) atoms. The highest BCUT2D eigenvalue weighted by atomic mass is 16.6. The van der Waals surface area contributed by atoms with Crippen LogP contribution in [0, 0.1) is 11.8 Å². The number of nitrogen functional groups attached to an aromatic ring is 1. The third-order valence-electron chi connectivity index (χ3n) is 5.63. The van der Waals surface area contributed by atoms with Gasteiger partial charge in [0.05, 0.1) is 6.04 Å². The lowest BCUT2D eigenvalue weighted by molar-refractivity contribution is -0.146. The van der Waals surface area contributed by atoms with Gasteiger partial charge in [0.25, 0.3) is 0 Å². The van der Waals surface area contributed by atoms with E-state index in [9.17, 15) is 4.79 Å². The molecule has 2 N–H and O–H groups in total. The summed E-state index contributed by atoms with van der Waals surface area (Å²) >= 11 is 0. The number of nitrogens with two attached hydrogens (primary N) is 1. The van der Waals surface area contributed by atoms with Gasteiger partial charge in [-0.15, -0.1) is 0 Å². The number of benzene rings is 1. The number of piperidine rings is 1. The largest absolute Gasteiger partial charge is 0.445 e. The van der Waals surface area contributed by atoms with Crippen LogP contribution in [-0.4, -0.2) is 35.6 Å². The van der Waals surface area contributed by atoms with Crippen LogP contribution in [0.2, 0.25) is 0 Å². The Morgan fingerprint density at radius 3 is 2.73 bits per heavy atom. The highest BCUT2D eigenvalue weighted by molar-refractivity contribution is 5.94. The Labute approximate surface area is 154 Å². The Kier molecular flexibility index (Phi) is 4.13. The molecule has 1 unspecified atom stereocenters. The van der Waals surface area contributed by atoms with Crippen molar-refractivity contribution in [1.29, 1.82) is 0 Å². The van der Waals surface area contributed by atoms with Gasteiger partial charge in [-0.25, -0.2) is 4.79 Å². The summed E-state index contributed by atoms with van der Waals surface area (Å²) in [6.45, 7) is 5.96. The highest BCUT2D eigenvalue weighted by Gasteiger charge is 2.66. The lowest BCUT2D eigenvalue weighted by Gasteiger charge is -2.43. The van der Waals surface area contributed by atoms with E-state index in [1.54, 1.807) is 6.08 Å². The second-order valence-electron chi connectivity index (χ2n) is 6.92. The third-order valence-corrected chi connectivity index (χ3v) is 5.63. The normalized spacial score (nSPS) is 28.3. The molecule has 0 amide bonds. The summed E-state index contributed by atoms with van der Waals surface area (Å²) < 4.78 is 5.82. The first-order valence-corrected chi connectivity index (χ1v) is 9.49. The predicted molar refractivity (Wildman–Crippen MR) is 102 cm³/mol. The first-order valence-electron chi connectivity index (χ1n) is 9.49. The molecule has 0 bridgehead atoms. The number of rotatable bonds is 0. The minimum atomic E-state index is -0.483. The first-order chi connectivity index (χ1) is 12.7. The zero-order valence-corrected chi connectivity index (χ0v) is 15.3. The number of anilines is 1. The molecule has 4 nitrogen and oxygen atoms in total. The molecule has 0 saturated carbocycles. The van der Waals surface area contributed by atoms with Crippen molar-refractivity contribution in [3.63, 3.8) is 0 Å². The van der Waals surface area contributed by atoms with Gasteiger partial charge in [-0.3, -0.25) is 4.90 Å². The molecule has 5 rings (SSSR count). The maximum Gasteiger partial charge on any atom is 0.332 e. The molecule has 2 fully saturated rings. The van der Waals surface area contributed by atoms with Crippen molar-refractivity contribution in [3.8, 4) is 11.8 Å². The monoisotopic (exact) mass is 348 g/mol. The summed E-state index contributed by atoms with van der Waals surface area (Å²) in [6, 6.07) is 7.85. The van der Waals surface area contributed by atoms with Crippen molar-refractivity contribution in [3.05, 3.63) is 52.6 Å². The molecule has 1 aliphatic carbocycles. The van der Waals surface area contributed by atoms with Gasteiger partial charge in [-0.2, -0.15) is 0 Å². The molecule has 3 heterocycles. The maximum absolute atomic E-state index is 12.0. The van der Waals surface area contributed by atoms with Gasteiger partial charge in [0.1, 0.15) is 0 Å². The third kappa shape index (κ3) is 2.31. The number of nitrogens with zero attached hydrogens (tertiary/aromatic N) is 1. The average Bonchev–Trinajstić information content (AvgIpc) is 3.12. The Balaban J connectivity index is 0.000000814. The van der Waals surface area contributed by atoms with Crippen LogP contribution < -0.4 is 5.73 Å². The van der Waals surface area contributed by atoms with Crippen molar-refractivity contribution in [1.82, 2.24) is 4.90 Å². The van der Waals surface area contributed by atoms with Gasteiger partial charge in [0.15, 0.2) is 5.60 Å². The predicted octanol–water partition coefficient (Wildman–Crippen LogP) is 3.05. The quantitative estimate of drug-likeness (QED) is 0.445. The van der Waals surface area contributed by atoms with Gasteiger partial charge in [-0.1, -0.05) is 32.1 Å². The fourth-order valence-electron chi connectivity index (χ4n) is 4.57. The van der Waals surface area contributed by atoms with Gasteiger partial charge >= 0.3 is 5.97 Å². The average molecular weight is 348 g/mol. The van der Waals surface area contributed by atoms with Crippen LogP contribution >= 0.6 is 0 Å². The van der Waals surface area contributed by atoms with Crippen molar-refractivity contribution in [2.45, 2.75) is 44.8 Å². The number of carbonyl (C=O) groups excluding carboxylic acids is 1. The Morgan fingerprint density at radius 2 is 1.96 bits per heavy atom. The van der Waals surface area contributed by atoms with Crippen LogP contribution in [0.1, 0.15) is 38.7 Å². The number of carbonyl (C=O) groups is 1. The number of fused-ring (bicyclic) bond motifs is 1. The Hall–Kier alpha value is -2.51. The van der Waals surface area contributed by atoms with Gasteiger partial charge in [-0.05, 0) is 43.7 Å². The van der Waals surface area contributed by atoms with Crippen molar-refractivity contribution < 1.29 is 9.53 Å². The van der Waals surface area contributed by atoms with Crippen LogP contribution in [-0.2, 0) is 9.53 Å². The van der Waals surface area contributed by atoms with Crippen LogP contribution in [0.15, 0.2) is 47.1 Å². The fraction of sp³-hybridized carbons (Fsp3) is 0.409. The first kappa shape index (κ1) is 16.9. The molecule has 1 aromatic carbocycles. The van der Waals surface area contributed by atoms with E-state index in [2.05, 4.69) is 16.7 Å². The maximum atomic E-state index is 12.0. The summed E-state index contributed by atoms with van der Waals surface area (Å²) in [5, 5.41) is 0.